The Hall–Kier alpha value is -1.62. The van der Waals surface area contributed by atoms with Crippen LogP contribution in [0.5, 0.6) is 0 Å². The minimum absolute atomic E-state index is 0.188. The van der Waals surface area contributed by atoms with Gasteiger partial charge in [0.2, 0.25) is 0 Å². The normalized spacial score (nSPS) is 17.5. The maximum atomic E-state index is 12.9. The number of nitrogens with one attached hydrogen (secondary N) is 2. The van der Waals surface area contributed by atoms with Gasteiger partial charge in [-0.3, -0.25) is 4.99 Å². The number of guanidine groups is 1. The molecule has 0 bridgehead atoms. The van der Waals surface area contributed by atoms with Gasteiger partial charge >= 0.3 is 0 Å². The summed E-state index contributed by atoms with van der Waals surface area (Å²) in [4.78, 5) is 6.84. The Labute approximate surface area is 145 Å². The van der Waals surface area contributed by atoms with Crippen molar-refractivity contribution < 1.29 is 4.39 Å². The molecular formula is C19H31FN4. The third-order valence-electron chi connectivity index (χ3n) is 4.48. The van der Waals surface area contributed by atoms with Crippen LogP contribution >= 0.6 is 0 Å². The number of halogens is 1. The molecule has 1 fully saturated rings. The summed E-state index contributed by atoms with van der Waals surface area (Å²) in [6.45, 7) is 7.63. The number of nitrogens with zero attached hydrogens (tertiary/aromatic N) is 2. The number of likely N-dealkylation sites (tertiary alicyclic amines) is 1. The van der Waals surface area contributed by atoms with Crippen molar-refractivity contribution in [2.75, 3.05) is 39.8 Å². The highest BCUT2D eigenvalue weighted by Gasteiger charge is 2.13. The third kappa shape index (κ3) is 6.87. The van der Waals surface area contributed by atoms with Crippen LogP contribution in [0.3, 0.4) is 0 Å². The minimum Gasteiger partial charge on any atom is -0.356 e. The molecule has 0 saturated carbocycles. The maximum absolute atomic E-state index is 12.9. The van der Waals surface area contributed by atoms with Crippen molar-refractivity contribution in [1.82, 2.24) is 15.5 Å². The average Bonchev–Trinajstić information content (AvgIpc) is 2.60. The van der Waals surface area contributed by atoms with Crippen LogP contribution < -0.4 is 10.6 Å². The van der Waals surface area contributed by atoms with Gasteiger partial charge in [-0.15, -0.1) is 0 Å². The first-order chi connectivity index (χ1) is 11.7. The zero-order valence-corrected chi connectivity index (χ0v) is 15.0. The van der Waals surface area contributed by atoms with Gasteiger partial charge in [-0.05, 0) is 56.0 Å². The molecular weight excluding hydrogens is 303 g/mol. The van der Waals surface area contributed by atoms with E-state index in [4.69, 9.17) is 0 Å². The predicted octanol–water partition coefficient (Wildman–Crippen LogP) is 2.66. The predicted molar refractivity (Wildman–Crippen MR) is 98.9 cm³/mol. The topological polar surface area (TPSA) is 39.7 Å². The van der Waals surface area contributed by atoms with Gasteiger partial charge in [0.15, 0.2) is 5.96 Å². The molecule has 2 rings (SSSR count). The Morgan fingerprint density at radius 3 is 2.54 bits per heavy atom. The van der Waals surface area contributed by atoms with Crippen LogP contribution in [0.15, 0.2) is 29.3 Å². The fourth-order valence-electron chi connectivity index (χ4n) is 3.12. The van der Waals surface area contributed by atoms with Gasteiger partial charge in [-0.25, -0.2) is 4.39 Å². The largest absolute Gasteiger partial charge is 0.356 e. The zero-order chi connectivity index (χ0) is 17.2. The van der Waals surface area contributed by atoms with Crippen molar-refractivity contribution in [3.63, 3.8) is 0 Å². The molecule has 1 aliphatic rings. The molecule has 24 heavy (non-hydrogen) atoms. The molecule has 5 heteroatoms. The van der Waals surface area contributed by atoms with E-state index in [1.807, 2.05) is 12.1 Å². The van der Waals surface area contributed by atoms with Crippen LogP contribution in [-0.2, 0) is 6.42 Å². The summed E-state index contributed by atoms with van der Waals surface area (Å²) in [5.74, 6) is 1.24. The second kappa shape index (κ2) is 10.3. The first kappa shape index (κ1) is 18.7. The van der Waals surface area contributed by atoms with E-state index in [2.05, 4.69) is 27.4 Å². The molecule has 4 nitrogen and oxygen atoms in total. The summed E-state index contributed by atoms with van der Waals surface area (Å²) in [7, 11) is 1.79. The van der Waals surface area contributed by atoms with Crippen LogP contribution in [0.4, 0.5) is 4.39 Å². The molecule has 0 spiro atoms. The number of piperidine rings is 1. The van der Waals surface area contributed by atoms with E-state index in [0.29, 0.717) is 5.92 Å². The summed E-state index contributed by atoms with van der Waals surface area (Å²) in [6.07, 6.45) is 4.91. The minimum atomic E-state index is -0.188. The summed E-state index contributed by atoms with van der Waals surface area (Å²) in [6, 6.07) is 6.66. The molecule has 0 radical (unpaired) electrons. The number of hydrogen-bond donors (Lipinski definition) is 2. The van der Waals surface area contributed by atoms with E-state index in [1.165, 1.54) is 44.5 Å². The lowest BCUT2D eigenvalue weighted by Crippen LogP contribution is -2.42. The molecule has 1 aromatic carbocycles. The maximum Gasteiger partial charge on any atom is 0.190 e. The number of benzene rings is 1. The third-order valence-corrected chi connectivity index (χ3v) is 4.48. The lowest BCUT2D eigenvalue weighted by Gasteiger charge is -2.29. The monoisotopic (exact) mass is 334 g/mol. The molecule has 1 unspecified atom stereocenters. The van der Waals surface area contributed by atoms with Crippen LogP contribution in [0.2, 0.25) is 0 Å². The summed E-state index contributed by atoms with van der Waals surface area (Å²) in [5, 5.41) is 6.73. The fraction of sp³-hybridized carbons (Fsp3) is 0.632. The Morgan fingerprint density at radius 2 is 1.88 bits per heavy atom. The Kier molecular flexibility index (Phi) is 8.02. The van der Waals surface area contributed by atoms with Gasteiger partial charge < -0.3 is 15.5 Å². The second-order valence-electron chi connectivity index (χ2n) is 6.72. The molecule has 1 saturated heterocycles. The standard InChI is InChI=1S/C19H31FN4/c1-16(15-24-12-4-3-5-13-24)14-23-19(21-2)22-11-10-17-6-8-18(20)9-7-17/h6-9,16H,3-5,10-15H2,1-2H3,(H2,21,22,23). The van der Waals surface area contributed by atoms with Crippen LogP contribution in [-0.4, -0.2) is 50.6 Å². The highest BCUT2D eigenvalue weighted by Crippen LogP contribution is 2.10. The van der Waals surface area contributed by atoms with E-state index < -0.39 is 0 Å². The van der Waals surface area contributed by atoms with Gasteiger partial charge in [0.25, 0.3) is 0 Å². The highest BCUT2D eigenvalue weighted by atomic mass is 19.1. The number of hydrogen-bond acceptors (Lipinski definition) is 2. The molecule has 0 amide bonds. The Morgan fingerprint density at radius 1 is 1.17 bits per heavy atom. The van der Waals surface area contributed by atoms with E-state index in [-0.39, 0.29) is 5.82 Å². The van der Waals surface area contributed by atoms with Crippen molar-refractivity contribution in [3.8, 4) is 0 Å². The first-order valence-electron chi connectivity index (χ1n) is 9.08. The van der Waals surface area contributed by atoms with Gasteiger partial charge in [0.05, 0.1) is 0 Å². The molecule has 2 N–H and O–H groups in total. The van der Waals surface area contributed by atoms with Crippen LogP contribution in [0.25, 0.3) is 0 Å². The van der Waals surface area contributed by atoms with Crippen LogP contribution in [0, 0.1) is 11.7 Å². The van der Waals surface area contributed by atoms with Crippen molar-refractivity contribution in [2.45, 2.75) is 32.6 Å². The van der Waals surface area contributed by atoms with Gasteiger partial charge in [0, 0.05) is 26.7 Å². The first-order valence-corrected chi connectivity index (χ1v) is 9.08. The lowest BCUT2D eigenvalue weighted by atomic mass is 10.1. The van der Waals surface area contributed by atoms with Crippen LogP contribution in [0.1, 0.15) is 31.7 Å². The SMILES string of the molecule is CN=C(NCCc1ccc(F)cc1)NCC(C)CN1CCCCC1. The van der Waals surface area contributed by atoms with E-state index in [0.717, 1.165) is 37.6 Å². The molecule has 1 aromatic rings. The fourth-order valence-corrected chi connectivity index (χ4v) is 3.12. The highest BCUT2D eigenvalue weighted by molar-refractivity contribution is 5.79. The molecule has 1 aliphatic heterocycles. The summed E-state index contributed by atoms with van der Waals surface area (Å²) in [5.41, 5.74) is 1.12. The van der Waals surface area contributed by atoms with E-state index in [9.17, 15) is 4.39 Å². The van der Waals surface area contributed by atoms with Gasteiger partial charge in [-0.1, -0.05) is 25.5 Å². The van der Waals surface area contributed by atoms with Crippen molar-refractivity contribution >= 4 is 5.96 Å². The molecule has 0 aromatic heterocycles. The van der Waals surface area contributed by atoms with Crippen molar-refractivity contribution in [1.29, 1.82) is 0 Å². The molecule has 1 atom stereocenters. The number of aliphatic imine (C=N–C) groups is 1. The quantitative estimate of drug-likeness (QED) is 0.595. The van der Waals surface area contributed by atoms with Gasteiger partial charge in [0.1, 0.15) is 5.82 Å². The smallest absolute Gasteiger partial charge is 0.190 e. The Balaban J connectivity index is 1.63. The molecule has 1 heterocycles. The van der Waals surface area contributed by atoms with Crippen molar-refractivity contribution in [2.24, 2.45) is 10.9 Å². The van der Waals surface area contributed by atoms with Crippen molar-refractivity contribution in [3.05, 3.63) is 35.6 Å². The van der Waals surface area contributed by atoms with E-state index >= 15 is 0 Å². The number of rotatable bonds is 7. The molecule has 134 valence electrons. The summed E-state index contributed by atoms with van der Waals surface area (Å²) >= 11 is 0. The lowest BCUT2D eigenvalue weighted by molar-refractivity contribution is 0.201. The zero-order valence-electron chi connectivity index (χ0n) is 15.0. The summed E-state index contributed by atoms with van der Waals surface area (Å²) < 4.78 is 12.9. The Bertz CT molecular complexity index is 495. The molecule has 0 aliphatic carbocycles. The van der Waals surface area contributed by atoms with Gasteiger partial charge in [-0.2, -0.15) is 0 Å². The second-order valence-corrected chi connectivity index (χ2v) is 6.72. The van der Waals surface area contributed by atoms with E-state index in [1.54, 1.807) is 7.05 Å². The average molecular weight is 334 g/mol.